The number of furan rings is 1. The van der Waals surface area contributed by atoms with E-state index in [1.807, 2.05) is 45.9 Å². The number of nitrogens with one attached hydrogen (secondary N) is 1. The number of benzene rings is 1. The third-order valence-electron chi connectivity index (χ3n) is 5.12. The summed E-state index contributed by atoms with van der Waals surface area (Å²) in [6.45, 7) is 8.42. The van der Waals surface area contributed by atoms with Crippen LogP contribution in [-0.2, 0) is 0 Å². The molecule has 1 amide bonds. The molecule has 1 fully saturated rings. The van der Waals surface area contributed by atoms with Crippen LogP contribution in [0.15, 0.2) is 22.6 Å². The minimum absolute atomic E-state index is 0.153. The van der Waals surface area contributed by atoms with E-state index in [0.717, 1.165) is 34.9 Å². The van der Waals surface area contributed by atoms with Crippen molar-refractivity contribution in [3.05, 3.63) is 35.1 Å². The molecule has 0 radical (unpaired) electrons. The molecule has 1 aliphatic carbocycles. The lowest BCUT2D eigenvalue weighted by molar-refractivity contribution is 0.0487. The molecular weight excluding hydrogens is 290 g/mol. The smallest absolute Gasteiger partial charge is 0.287 e. The SMILES string of the molecule is Cc1c(C(=O)NCC2([C@H](O)C(C)C)CC2)oc2c(C)cccc12. The van der Waals surface area contributed by atoms with E-state index < -0.39 is 0 Å². The average molecular weight is 315 g/mol. The van der Waals surface area contributed by atoms with Crippen LogP contribution >= 0.6 is 0 Å². The zero-order valence-electron chi connectivity index (χ0n) is 14.3. The van der Waals surface area contributed by atoms with Crippen LogP contribution in [-0.4, -0.2) is 23.7 Å². The largest absolute Gasteiger partial charge is 0.450 e. The molecule has 1 atom stereocenters. The third-order valence-corrected chi connectivity index (χ3v) is 5.12. The molecule has 0 saturated heterocycles. The third kappa shape index (κ3) is 2.76. The Morgan fingerprint density at radius 2 is 2.04 bits per heavy atom. The van der Waals surface area contributed by atoms with Gasteiger partial charge in [0.25, 0.3) is 5.91 Å². The number of fused-ring (bicyclic) bond motifs is 1. The molecule has 1 aromatic carbocycles. The summed E-state index contributed by atoms with van der Waals surface area (Å²) in [4.78, 5) is 12.5. The Morgan fingerprint density at radius 1 is 1.35 bits per heavy atom. The standard InChI is InChI=1S/C19H25NO3/c1-11(2)17(21)19(8-9-19)10-20-18(22)16-13(4)14-7-5-6-12(3)15(14)23-16/h5-7,11,17,21H,8-10H2,1-4H3,(H,20,22)/t17-/m1/s1. The number of aryl methyl sites for hydroxylation is 2. The molecule has 23 heavy (non-hydrogen) atoms. The summed E-state index contributed by atoms with van der Waals surface area (Å²) in [7, 11) is 0. The maximum Gasteiger partial charge on any atom is 0.287 e. The first-order valence-corrected chi connectivity index (χ1v) is 8.31. The molecule has 0 aliphatic heterocycles. The van der Waals surface area contributed by atoms with Crippen LogP contribution in [0.3, 0.4) is 0 Å². The minimum Gasteiger partial charge on any atom is -0.450 e. The molecule has 0 unspecified atom stereocenters. The Kier molecular flexibility index (Phi) is 3.96. The maximum atomic E-state index is 12.5. The summed E-state index contributed by atoms with van der Waals surface area (Å²) in [6.07, 6.45) is 1.55. The number of carbonyl (C=O) groups is 1. The quantitative estimate of drug-likeness (QED) is 0.886. The highest BCUT2D eigenvalue weighted by Crippen LogP contribution is 2.50. The van der Waals surface area contributed by atoms with Gasteiger partial charge in [0.15, 0.2) is 5.76 Å². The van der Waals surface area contributed by atoms with Gasteiger partial charge in [0.1, 0.15) is 5.58 Å². The van der Waals surface area contributed by atoms with Gasteiger partial charge in [-0.25, -0.2) is 0 Å². The number of rotatable bonds is 5. The lowest BCUT2D eigenvalue weighted by atomic mass is 9.90. The number of hydrogen-bond donors (Lipinski definition) is 2. The van der Waals surface area contributed by atoms with Crippen molar-refractivity contribution in [2.75, 3.05) is 6.54 Å². The van der Waals surface area contributed by atoms with Crippen molar-refractivity contribution in [3.63, 3.8) is 0 Å². The summed E-state index contributed by atoms with van der Waals surface area (Å²) in [5, 5.41) is 14.3. The highest BCUT2D eigenvalue weighted by Gasteiger charge is 2.50. The van der Waals surface area contributed by atoms with E-state index >= 15 is 0 Å². The van der Waals surface area contributed by atoms with Gasteiger partial charge in [-0.15, -0.1) is 0 Å². The second-order valence-corrected chi connectivity index (χ2v) is 7.24. The van der Waals surface area contributed by atoms with Gasteiger partial charge < -0.3 is 14.8 Å². The van der Waals surface area contributed by atoms with E-state index in [1.54, 1.807) is 0 Å². The molecule has 1 aromatic heterocycles. The monoisotopic (exact) mass is 315 g/mol. The normalized spacial score (nSPS) is 17.5. The molecule has 0 bridgehead atoms. The molecular formula is C19H25NO3. The van der Waals surface area contributed by atoms with E-state index in [0.29, 0.717) is 12.3 Å². The van der Waals surface area contributed by atoms with Crippen LogP contribution in [0.25, 0.3) is 11.0 Å². The minimum atomic E-state index is -0.373. The van der Waals surface area contributed by atoms with E-state index in [4.69, 9.17) is 4.42 Å². The van der Waals surface area contributed by atoms with Gasteiger partial charge in [-0.2, -0.15) is 0 Å². The second-order valence-electron chi connectivity index (χ2n) is 7.24. The molecule has 4 heteroatoms. The van der Waals surface area contributed by atoms with Crippen molar-refractivity contribution in [1.82, 2.24) is 5.32 Å². The maximum absolute atomic E-state index is 12.5. The average Bonchev–Trinajstić information content (AvgIpc) is 3.23. The molecule has 2 N–H and O–H groups in total. The predicted octanol–water partition coefficient (Wildman–Crippen LogP) is 3.58. The summed E-state index contributed by atoms with van der Waals surface area (Å²) >= 11 is 0. The van der Waals surface area contributed by atoms with Gasteiger partial charge in [-0.3, -0.25) is 4.79 Å². The van der Waals surface area contributed by atoms with Gasteiger partial charge >= 0.3 is 0 Å². The predicted molar refractivity (Wildman–Crippen MR) is 90.5 cm³/mol. The first-order valence-electron chi connectivity index (χ1n) is 8.31. The van der Waals surface area contributed by atoms with Crippen LogP contribution in [0.4, 0.5) is 0 Å². The zero-order chi connectivity index (χ0) is 16.8. The fourth-order valence-corrected chi connectivity index (χ4v) is 3.38. The van der Waals surface area contributed by atoms with Crippen molar-refractivity contribution in [3.8, 4) is 0 Å². The van der Waals surface area contributed by atoms with Gasteiger partial charge in [-0.05, 0) is 38.2 Å². The lowest BCUT2D eigenvalue weighted by Gasteiger charge is -2.25. The number of aliphatic hydroxyl groups excluding tert-OH is 1. The molecule has 124 valence electrons. The highest BCUT2D eigenvalue weighted by atomic mass is 16.3. The van der Waals surface area contributed by atoms with E-state index in [2.05, 4.69) is 5.32 Å². The van der Waals surface area contributed by atoms with Crippen molar-refractivity contribution >= 4 is 16.9 Å². The van der Waals surface area contributed by atoms with Crippen molar-refractivity contribution < 1.29 is 14.3 Å². The molecule has 4 nitrogen and oxygen atoms in total. The number of para-hydroxylation sites is 1. The van der Waals surface area contributed by atoms with Crippen LogP contribution in [0, 0.1) is 25.2 Å². The van der Waals surface area contributed by atoms with Crippen molar-refractivity contribution in [2.45, 2.75) is 46.6 Å². The topological polar surface area (TPSA) is 62.5 Å². The molecule has 3 rings (SSSR count). The van der Waals surface area contributed by atoms with Crippen LogP contribution in [0.2, 0.25) is 0 Å². The van der Waals surface area contributed by atoms with Crippen LogP contribution in [0.5, 0.6) is 0 Å². The van der Waals surface area contributed by atoms with Crippen LogP contribution in [0.1, 0.15) is 48.4 Å². The Labute approximate surface area is 136 Å². The van der Waals surface area contributed by atoms with Gasteiger partial charge in [0.05, 0.1) is 6.10 Å². The second kappa shape index (κ2) is 5.68. The van der Waals surface area contributed by atoms with Gasteiger partial charge in [-0.1, -0.05) is 32.0 Å². The van der Waals surface area contributed by atoms with E-state index in [-0.39, 0.29) is 23.3 Å². The summed E-state index contributed by atoms with van der Waals surface area (Å²) in [6, 6.07) is 5.92. The number of aliphatic hydroxyl groups is 1. The Morgan fingerprint density at radius 3 is 2.61 bits per heavy atom. The van der Waals surface area contributed by atoms with Crippen molar-refractivity contribution in [2.24, 2.45) is 11.3 Å². The summed E-state index contributed by atoms with van der Waals surface area (Å²) < 4.78 is 5.81. The number of amides is 1. The molecule has 1 heterocycles. The molecule has 1 aliphatic rings. The first-order chi connectivity index (χ1) is 10.9. The molecule has 2 aromatic rings. The zero-order valence-corrected chi connectivity index (χ0v) is 14.3. The van der Waals surface area contributed by atoms with Gasteiger partial charge in [0, 0.05) is 22.9 Å². The number of hydrogen-bond acceptors (Lipinski definition) is 3. The Balaban J connectivity index is 1.77. The van der Waals surface area contributed by atoms with Crippen molar-refractivity contribution in [1.29, 1.82) is 0 Å². The summed E-state index contributed by atoms with van der Waals surface area (Å²) in [5.74, 6) is 0.384. The molecule has 0 spiro atoms. The number of carbonyl (C=O) groups excluding carboxylic acids is 1. The molecule has 1 saturated carbocycles. The fraction of sp³-hybridized carbons (Fsp3) is 0.526. The van der Waals surface area contributed by atoms with Crippen LogP contribution < -0.4 is 5.32 Å². The Hall–Kier alpha value is -1.81. The van der Waals surface area contributed by atoms with E-state index in [1.165, 1.54) is 0 Å². The highest BCUT2D eigenvalue weighted by molar-refractivity contribution is 5.99. The summed E-state index contributed by atoms with van der Waals surface area (Å²) in [5.41, 5.74) is 2.52. The lowest BCUT2D eigenvalue weighted by Crippen LogP contribution is -2.38. The van der Waals surface area contributed by atoms with E-state index in [9.17, 15) is 9.90 Å². The first kappa shape index (κ1) is 16.1. The van der Waals surface area contributed by atoms with Gasteiger partial charge in [0.2, 0.25) is 0 Å². The fourth-order valence-electron chi connectivity index (χ4n) is 3.38. The Bertz CT molecular complexity index is 740.